The normalized spacial score (nSPS) is 40.2. The van der Waals surface area contributed by atoms with Crippen molar-refractivity contribution in [1.29, 1.82) is 0 Å². The minimum atomic E-state index is -0.653. The number of aliphatic hydroxyl groups excluding tert-OH is 1. The van der Waals surface area contributed by atoms with Crippen LogP contribution in [0.25, 0.3) is 0 Å². The maximum atomic E-state index is 10.3. The number of fused-ring (bicyclic) bond motifs is 1. The molecule has 2 aliphatic carbocycles. The SMILES string of the molecule is C[C@H](/C=C/[C@H](C)C(C)(C)O)[C@H]1CC[C@H]2C(O)CCC[C@]12C. The summed E-state index contributed by atoms with van der Waals surface area (Å²) < 4.78 is 0. The molecular weight excluding hydrogens is 260 g/mol. The first-order valence-electron chi connectivity index (χ1n) is 8.75. The van der Waals surface area contributed by atoms with Gasteiger partial charge in [-0.3, -0.25) is 0 Å². The Morgan fingerprint density at radius 2 is 1.81 bits per heavy atom. The molecule has 0 bridgehead atoms. The fraction of sp³-hybridized carbons (Fsp3) is 0.895. The van der Waals surface area contributed by atoms with E-state index in [1.807, 2.05) is 13.8 Å². The summed E-state index contributed by atoms with van der Waals surface area (Å²) in [4.78, 5) is 0. The van der Waals surface area contributed by atoms with E-state index in [-0.39, 0.29) is 12.0 Å². The predicted octanol–water partition coefficient (Wildman–Crippen LogP) is 4.16. The molecule has 2 rings (SSSR count). The first kappa shape index (κ1) is 17.0. The monoisotopic (exact) mass is 294 g/mol. The molecular formula is C19H34O2. The van der Waals surface area contributed by atoms with Gasteiger partial charge in [0.15, 0.2) is 0 Å². The Bertz CT molecular complexity index is 382. The molecule has 0 saturated heterocycles. The average Bonchev–Trinajstić information content (AvgIpc) is 2.73. The first-order valence-corrected chi connectivity index (χ1v) is 8.75. The lowest BCUT2D eigenvalue weighted by molar-refractivity contribution is -0.0232. The summed E-state index contributed by atoms with van der Waals surface area (Å²) >= 11 is 0. The highest BCUT2D eigenvalue weighted by molar-refractivity contribution is 5.06. The summed E-state index contributed by atoms with van der Waals surface area (Å²) in [6.07, 6.45) is 10.2. The van der Waals surface area contributed by atoms with Crippen LogP contribution in [0.2, 0.25) is 0 Å². The first-order chi connectivity index (χ1) is 9.66. The Balaban J connectivity index is 2.06. The Kier molecular flexibility index (Phi) is 4.90. The van der Waals surface area contributed by atoms with E-state index in [1.165, 1.54) is 25.7 Å². The molecule has 6 atom stereocenters. The molecule has 2 N–H and O–H groups in total. The number of aliphatic hydroxyl groups is 2. The highest BCUT2D eigenvalue weighted by Crippen LogP contribution is 2.57. The van der Waals surface area contributed by atoms with Crippen molar-refractivity contribution in [2.24, 2.45) is 29.1 Å². The summed E-state index contributed by atoms with van der Waals surface area (Å²) in [5.74, 6) is 1.86. The van der Waals surface area contributed by atoms with Crippen LogP contribution < -0.4 is 0 Å². The quantitative estimate of drug-likeness (QED) is 0.764. The third-order valence-electron chi connectivity index (χ3n) is 6.61. The van der Waals surface area contributed by atoms with Crippen LogP contribution in [-0.4, -0.2) is 21.9 Å². The lowest BCUT2D eigenvalue weighted by Crippen LogP contribution is -2.41. The Hall–Kier alpha value is -0.340. The molecule has 0 heterocycles. The van der Waals surface area contributed by atoms with Crippen LogP contribution in [0.1, 0.15) is 66.7 Å². The molecule has 0 amide bonds. The summed E-state index contributed by atoms with van der Waals surface area (Å²) in [6, 6.07) is 0. The smallest absolute Gasteiger partial charge is 0.0651 e. The lowest BCUT2D eigenvalue weighted by atomic mass is 9.62. The number of rotatable bonds is 4. The van der Waals surface area contributed by atoms with Gasteiger partial charge in [-0.1, -0.05) is 39.3 Å². The van der Waals surface area contributed by atoms with Crippen molar-refractivity contribution >= 4 is 0 Å². The second kappa shape index (κ2) is 6.04. The summed E-state index contributed by atoms with van der Waals surface area (Å²) in [6.45, 7) is 10.5. The number of hydrogen-bond donors (Lipinski definition) is 2. The van der Waals surface area contributed by atoms with Crippen molar-refractivity contribution in [2.45, 2.75) is 78.4 Å². The molecule has 2 saturated carbocycles. The zero-order valence-corrected chi connectivity index (χ0v) is 14.5. The molecule has 21 heavy (non-hydrogen) atoms. The van der Waals surface area contributed by atoms with Crippen molar-refractivity contribution in [3.8, 4) is 0 Å². The van der Waals surface area contributed by atoms with Gasteiger partial charge < -0.3 is 10.2 Å². The average molecular weight is 294 g/mol. The summed E-state index contributed by atoms with van der Waals surface area (Å²) in [5, 5.41) is 20.4. The van der Waals surface area contributed by atoms with Crippen LogP contribution in [0.3, 0.4) is 0 Å². The third kappa shape index (κ3) is 3.37. The van der Waals surface area contributed by atoms with Crippen molar-refractivity contribution in [3.63, 3.8) is 0 Å². The van der Waals surface area contributed by atoms with Gasteiger partial charge in [-0.25, -0.2) is 0 Å². The fourth-order valence-corrected chi connectivity index (χ4v) is 4.76. The highest BCUT2D eigenvalue weighted by atomic mass is 16.3. The molecule has 122 valence electrons. The minimum absolute atomic E-state index is 0.0831. The number of hydrogen-bond acceptors (Lipinski definition) is 2. The summed E-state index contributed by atoms with van der Waals surface area (Å²) in [5.41, 5.74) is -0.348. The predicted molar refractivity (Wildman–Crippen MR) is 87.9 cm³/mol. The van der Waals surface area contributed by atoms with E-state index in [4.69, 9.17) is 0 Å². The van der Waals surface area contributed by atoms with Crippen LogP contribution in [0, 0.1) is 29.1 Å². The van der Waals surface area contributed by atoms with Crippen LogP contribution in [-0.2, 0) is 0 Å². The van der Waals surface area contributed by atoms with E-state index < -0.39 is 5.60 Å². The van der Waals surface area contributed by atoms with Crippen molar-refractivity contribution in [2.75, 3.05) is 0 Å². The topological polar surface area (TPSA) is 40.5 Å². The van der Waals surface area contributed by atoms with Gasteiger partial charge in [0, 0.05) is 5.92 Å². The minimum Gasteiger partial charge on any atom is -0.393 e. The molecule has 2 nitrogen and oxygen atoms in total. The molecule has 0 aromatic carbocycles. The molecule has 0 aromatic rings. The highest BCUT2D eigenvalue weighted by Gasteiger charge is 2.51. The van der Waals surface area contributed by atoms with Gasteiger partial charge in [0.05, 0.1) is 11.7 Å². The van der Waals surface area contributed by atoms with Gasteiger partial charge in [0.1, 0.15) is 0 Å². The Morgan fingerprint density at radius 3 is 2.43 bits per heavy atom. The van der Waals surface area contributed by atoms with E-state index >= 15 is 0 Å². The molecule has 0 aromatic heterocycles. The van der Waals surface area contributed by atoms with Gasteiger partial charge in [-0.05, 0) is 62.7 Å². The second-order valence-corrected chi connectivity index (χ2v) is 8.44. The van der Waals surface area contributed by atoms with Gasteiger partial charge in [-0.15, -0.1) is 0 Å². The maximum absolute atomic E-state index is 10.3. The molecule has 2 heteroatoms. The van der Waals surface area contributed by atoms with Gasteiger partial charge in [-0.2, -0.15) is 0 Å². The third-order valence-corrected chi connectivity index (χ3v) is 6.61. The van der Waals surface area contributed by atoms with E-state index in [9.17, 15) is 10.2 Å². The van der Waals surface area contributed by atoms with Crippen molar-refractivity contribution in [3.05, 3.63) is 12.2 Å². The molecule has 1 unspecified atom stereocenters. The van der Waals surface area contributed by atoms with Crippen LogP contribution in [0.15, 0.2) is 12.2 Å². The standard InChI is InChI=1S/C19H34O2/c1-13(8-9-14(2)18(3,4)21)15-10-11-16-17(20)7-6-12-19(15,16)5/h8-9,13-17,20-21H,6-7,10-12H2,1-5H3/b9-8+/t13-,14+,15-,16+,17?,19-/m1/s1. The van der Waals surface area contributed by atoms with Gasteiger partial charge >= 0.3 is 0 Å². The van der Waals surface area contributed by atoms with Crippen LogP contribution in [0.4, 0.5) is 0 Å². The van der Waals surface area contributed by atoms with Crippen molar-refractivity contribution < 1.29 is 10.2 Å². The molecule has 2 fully saturated rings. The lowest BCUT2D eigenvalue weighted by Gasteiger charge is -2.44. The van der Waals surface area contributed by atoms with Gasteiger partial charge in [0.25, 0.3) is 0 Å². The van der Waals surface area contributed by atoms with Gasteiger partial charge in [0.2, 0.25) is 0 Å². The summed E-state index contributed by atoms with van der Waals surface area (Å²) in [7, 11) is 0. The van der Waals surface area contributed by atoms with E-state index in [2.05, 4.69) is 32.9 Å². The Labute approximate surface area is 130 Å². The zero-order chi connectivity index (χ0) is 15.8. The molecule has 0 spiro atoms. The zero-order valence-electron chi connectivity index (χ0n) is 14.5. The van der Waals surface area contributed by atoms with Crippen LogP contribution >= 0.6 is 0 Å². The molecule has 0 radical (unpaired) electrons. The molecule has 2 aliphatic rings. The van der Waals surface area contributed by atoms with E-state index in [0.717, 1.165) is 6.42 Å². The Morgan fingerprint density at radius 1 is 1.14 bits per heavy atom. The number of allylic oxidation sites excluding steroid dienone is 1. The molecule has 0 aliphatic heterocycles. The largest absolute Gasteiger partial charge is 0.393 e. The van der Waals surface area contributed by atoms with E-state index in [1.54, 1.807) is 0 Å². The second-order valence-electron chi connectivity index (χ2n) is 8.44. The van der Waals surface area contributed by atoms with E-state index in [0.29, 0.717) is 23.2 Å². The fourth-order valence-electron chi connectivity index (χ4n) is 4.76. The van der Waals surface area contributed by atoms with Crippen molar-refractivity contribution in [1.82, 2.24) is 0 Å². The van der Waals surface area contributed by atoms with Crippen LogP contribution in [0.5, 0.6) is 0 Å². The maximum Gasteiger partial charge on any atom is 0.0651 e.